The lowest BCUT2D eigenvalue weighted by atomic mass is 10.1. The number of rotatable bonds is 4. The number of nitrogens with one attached hydrogen (secondary N) is 1. The zero-order valence-corrected chi connectivity index (χ0v) is 9.16. The van der Waals surface area contributed by atoms with Gasteiger partial charge >= 0.3 is 0 Å². The Kier molecular flexibility index (Phi) is 2.17. The summed E-state index contributed by atoms with van der Waals surface area (Å²) in [5.74, 6) is 1.65. The monoisotopic (exact) mass is 220 g/mol. The number of anilines is 1. The van der Waals surface area contributed by atoms with Gasteiger partial charge in [-0.05, 0) is 36.9 Å². The van der Waals surface area contributed by atoms with Gasteiger partial charge in [-0.1, -0.05) is 0 Å². The van der Waals surface area contributed by atoms with Crippen LogP contribution in [0.5, 0.6) is 11.5 Å². The third-order valence-electron chi connectivity index (χ3n) is 3.43. The highest BCUT2D eigenvalue weighted by Gasteiger charge is 2.40. The van der Waals surface area contributed by atoms with Gasteiger partial charge in [0.2, 0.25) is 6.79 Å². The molecule has 0 atom stereocenters. The first-order valence-electron chi connectivity index (χ1n) is 5.65. The smallest absolute Gasteiger partial charge is 0.231 e. The summed E-state index contributed by atoms with van der Waals surface area (Å²) in [7, 11) is 0. The summed E-state index contributed by atoms with van der Waals surface area (Å²) in [6, 6.07) is 5.93. The first-order valence-corrected chi connectivity index (χ1v) is 5.65. The molecule has 4 nitrogen and oxygen atoms in total. The first-order chi connectivity index (χ1) is 7.81. The highest BCUT2D eigenvalue weighted by Crippen LogP contribution is 2.44. The van der Waals surface area contributed by atoms with Gasteiger partial charge in [-0.25, -0.2) is 0 Å². The number of benzene rings is 1. The Labute approximate surface area is 94.7 Å². The van der Waals surface area contributed by atoms with Crippen LogP contribution in [0, 0.1) is 5.41 Å². The molecule has 4 heteroatoms. The number of nitrogens with two attached hydrogens (primary N) is 1. The minimum Gasteiger partial charge on any atom is -0.454 e. The minimum absolute atomic E-state index is 0.325. The van der Waals surface area contributed by atoms with Crippen molar-refractivity contribution in [2.45, 2.75) is 12.8 Å². The van der Waals surface area contributed by atoms with E-state index in [1.165, 1.54) is 12.8 Å². The van der Waals surface area contributed by atoms with Gasteiger partial charge in [-0.15, -0.1) is 0 Å². The zero-order chi connectivity index (χ0) is 11.0. The second-order valence-corrected chi connectivity index (χ2v) is 4.63. The third-order valence-corrected chi connectivity index (χ3v) is 3.43. The molecule has 1 aromatic rings. The molecule has 2 aliphatic rings. The zero-order valence-electron chi connectivity index (χ0n) is 9.16. The Balaban J connectivity index is 1.66. The van der Waals surface area contributed by atoms with Crippen LogP contribution in [0.15, 0.2) is 18.2 Å². The quantitative estimate of drug-likeness (QED) is 0.808. The highest BCUT2D eigenvalue weighted by molar-refractivity contribution is 5.55. The molecular weight excluding hydrogens is 204 g/mol. The van der Waals surface area contributed by atoms with Crippen LogP contribution >= 0.6 is 0 Å². The maximum atomic E-state index is 5.74. The summed E-state index contributed by atoms with van der Waals surface area (Å²) in [4.78, 5) is 0. The van der Waals surface area contributed by atoms with E-state index in [2.05, 4.69) is 5.32 Å². The van der Waals surface area contributed by atoms with Gasteiger partial charge < -0.3 is 20.5 Å². The average molecular weight is 220 g/mol. The number of hydrogen-bond acceptors (Lipinski definition) is 4. The van der Waals surface area contributed by atoms with Crippen LogP contribution in [0.3, 0.4) is 0 Å². The number of fused-ring (bicyclic) bond motifs is 1. The molecule has 0 saturated heterocycles. The molecule has 1 fully saturated rings. The molecule has 1 aromatic carbocycles. The van der Waals surface area contributed by atoms with E-state index in [0.717, 1.165) is 30.3 Å². The Morgan fingerprint density at radius 3 is 2.81 bits per heavy atom. The summed E-state index contributed by atoms with van der Waals surface area (Å²) in [6.07, 6.45) is 2.47. The fraction of sp³-hybridized carbons (Fsp3) is 0.500. The lowest BCUT2D eigenvalue weighted by molar-refractivity contribution is 0.174. The topological polar surface area (TPSA) is 56.5 Å². The van der Waals surface area contributed by atoms with E-state index in [-0.39, 0.29) is 0 Å². The van der Waals surface area contributed by atoms with Crippen molar-refractivity contribution in [3.8, 4) is 11.5 Å². The molecular formula is C12H16N2O2. The first kappa shape index (κ1) is 9.78. The molecule has 1 heterocycles. The van der Waals surface area contributed by atoms with E-state index in [1.54, 1.807) is 0 Å². The molecule has 0 aromatic heterocycles. The fourth-order valence-corrected chi connectivity index (χ4v) is 1.93. The predicted octanol–water partition coefficient (Wildman–Crippen LogP) is 1.57. The van der Waals surface area contributed by atoms with Gasteiger partial charge in [0, 0.05) is 18.3 Å². The van der Waals surface area contributed by atoms with Crippen molar-refractivity contribution < 1.29 is 9.47 Å². The van der Waals surface area contributed by atoms with Gasteiger partial charge in [0.15, 0.2) is 11.5 Å². The Hall–Kier alpha value is -1.42. The normalized spacial score (nSPS) is 19.6. The highest BCUT2D eigenvalue weighted by atomic mass is 16.7. The van der Waals surface area contributed by atoms with Gasteiger partial charge in [0.25, 0.3) is 0 Å². The molecule has 1 aliphatic heterocycles. The van der Waals surface area contributed by atoms with E-state index in [9.17, 15) is 0 Å². The second kappa shape index (κ2) is 3.56. The fourth-order valence-electron chi connectivity index (χ4n) is 1.93. The van der Waals surface area contributed by atoms with Crippen molar-refractivity contribution in [2.75, 3.05) is 25.2 Å². The van der Waals surface area contributed by atoms with Crippen LogP contribution in [0.2, 0.25) is 0 Å². The summed E-state index contributed by atoms with van der Waals surface area (Å²) in [5, 5.41) is 3.41. The maximum Gasteiger partial charge on any atom is 0.231 e. The van der Waals surface area contributed by atoms with Crippen LogP contribution in [0.25, 0.3) is 0 Å². The molecule has 0 radical (unpaired) electrons. The SMILES string of the molecule is NCC1(CNc2ccc3c(c2)OCO3)CC1. The average Bonchev–Trinajstić information content (AvgIpc) is 2.96. The third kappa shape index (κ3) is 1.69. The van der Waals surface area contributed by atoms with E-state index in [4.69, 9.17) is 15.2 Å². The van der Waals surface area contributed by atoms with Crippen molar-refractivity contribution >= 4 is 5.69 Å². The molecule has 3 N–H and O–H groups in total. The van der Waals surface area contributed by atoms with E-state index in [1.807, 2.05) is 18.2 Å². The molecule has 0 bridgehead atoms. The largest absolute Gasteiger partial charge is 0.454 e. The lowest BCUT2D eigenvalue weighted by Crippen LogP contribution is -2.24. The van der Waals surface area contributed by atoms with Crippen LogP contribution in [-0.2, 0) is 0 Å². The van der Waals surface area contributed by atoms with E-state index < -0.39 is 0 Å². The molecule has 16 heavy (non-hydrogen) atoms. The van der Waals surface area contributed by atoms with Gasteiger partial charge in [0.1, 0.15) is 0 Å². The van der Waals surface area contributed by atoms with Crippen molar-refractivity contribution in [1.29, 1.82) is 0 Å². The van der Waals surface area contributed by atoms with Gasteiger partial charge in [0.05, 0.1) is 0 Å². The van der Waals surface area contributed by atoms with Crippen LogP contribution in [0.4, 0.5) is 5.69 Å². The second-order valence-electron chi connectivity index (χ2n) is 4.63. The predicted molar refractivity (Wildman–Crippen MR) is 61.8 cm³/mol. The molecule has 0 unspecified atom stereocenters. The molecule has 3 rings (SSSR count). The Morgan fingerprint density at radius 2 is 2.06 bits per heavy atom. The summed E-state index contributed by atoms with van der Waals surface area (Å²) in [5.41, 5.74) is 7.16. The van der Waals surface area contributed by atoms with Crippen molar-refractivity contribution in [3.05, 3.63) is 18.2 Å². The summed E-state index contributed by atoms with van der Waals surface area (Å²) < 4.78 is 10.6. The van der Waals surface area contributed by atoms with Crippen LogP contribution in [-0.4, -0.2) is 19.9 Å². The summed E-state index contributed by atoms with van der Waals surface area (Å²) in [6.45, 7) is 2.04. The van der Waals surface area contributed by atoms with E-state index >= 15 is 0 Å². The molecule has 1 aliphatic carbocycles. The maximum absolute atomic E-state index is 5.74. The molecule has 86 valence electrons. The summed E-state index contributed by atoms with van der Waals surface area (Å²) >= 11 is 0. The van der Waals surface area contributed by atoms with Crippen molar-refractivity contribution in [3.63, 3.8) is 0 Å². The van der Waals surface area contributed by atoms with Gasteiger partial charge in [-0.3, -0.25) is 0 Å². The van der Waals surface area contributed by atoms with Crippen molar-refractivity contribution in [2.24, 2.45) is 11.1 Å². The minimum atomic E-state index is 0.325. The number of hydrogen-bond donors (Lipinski definition) is 2. The molecule has 0 spiro atoms. The van der Waals surface area contributed by atoms with Gasteiger partial charge in [-0.2, -0.15) is 0 Å². The van der Waals surface area contributed by atoms with Crippen molar-refractivity contribution in [1.82, 2.24) is 0 Å². The molecule has 0 amide bonds. The Bertz CT molecular complexity index is 402. The standard InChI is InChI=1S/C12H16N2O2/c13-6-12(3-4-12)7-14-9-1-2-10-11(5-9)16-8-15-10/h1-2,5,14H,3-4,6-8,13H2. The molecule has 1 saturated carbocycles. The number of ether oxygens (including phenoxy) is 2. The lowest BCUT2D eigenvalue weighted by Gasteiger charge is -2.14. The van der Waals surface area contributed by atoms with E-state index in [0.29, 0.717) is 12.2 Å². The van der Waals surface area contributed by atoms with Crippen LogP contribution in [0.1, 0.15) is 12.8 Å². The van der Waals surface area contributed by atoms with Crippen LogP contribution < -0.4 is 20.5 Å². The Morgan fingerprint density at radius 1 is 1.25 bits per heavy atom.